The monoisotopic (exact) mass is 326 g/mol. The minimum absolute atomic E-state index is 0. The van der Waals surface area contributed by atoms with E-state index < -0.39 is 21.8 Å². The zero-order valence-corrected chi connectivity index (χ0v) is 14.2. The molecule has 17 heavy (non-hydrogen) atoms. The molecule has 0 saturated heterocycles. The molecule has 2 aliphatic carbocycles. The molecule has 0 fully saturated rings. The van der Waals surface area contributed by atoms with Crippen LogP contribution in [-0.2, 0) is 21.8 Å². The Kier molecular flexibility index (Phi) is 5.67. The summed E-state index contributed by atoms with van der Waals surface area (Å²) < 4.78 is 5.05. The molecule has 0 atom stereocenters. The van der Waals surface area contributed by atoms with Crippen molar-refractivity contribution in [3.8, 4) is 0 Å². The van der Waals surface area contributed by atoms with Gasteiger partial charge in [0.15, 0.2) is 0 Å². The minimum Gasteiger partial charge on any atom is -1.00 e. The summed E-state index contributed by atoms with van der Waals surface area (Å²) >= 11 is -1.50. The van der Waals surface area contributed by atoms with E-state index in [-0.39, 0.29) is 12.4 Å². The normalized spacial score (nSPS) is 17.8. The summed E-state index contributed by atoms with van der Waals surface area (Å²) in [6, 6.07) is 0. The van der Waals surface area contributed by atoms with E-state index >= 15 is 0 Å². The Hall–Kier alpha value is 0.133. The predicted octanol–water partition coefficient (Wildman–Crippen LogP) is 1.76. The second-order valence-corrected chi connectivity index (χ2v) is 12.2. The molecule has 92 valence electrons. The Balaban J connectivity index is 0.00000144. The largest absolute Gasteiger partial charge is 1.00 e. The molecular weight excluding hydrogens is 307 g/mol. The van der Waals surface area contributed by atoms with Crippen LogP contribution in [0.5, 0.6) is 0 Å². The molecule has 0 bridgehead atoms. The number of allylic oxidation sites excluding steroid dienone is 8. The van der Waals surface area contributed by atoms with Crippen LogP contribution in [0.2, 0.25) is 4.13 Å². The smallest absolute Gasteiger partial charge is 1.00 e. The number of rotatable bonds is 3. The second kappa shape index (κ2) is 6.34. The summed E-state index contributed by atoms with van der Waals surface area (Å²) in [7, 11) is 0. The number of hydrogen-bond donors (Lipinski definition) is 0. The summed E-state index contributed by atoms with van der Waals surface area (Å²) in [5.74, 6) is 0. The van der Waals surface area contributed by atoms with Crippen molar-refractivity contribution in [2.75, 3.05) is 0 Å². The predicted molar refractivity (Wildman–Crippen MR) is 67.9 cm³/mol. The van der Waals surface area contributed by atoms with E-state index in [4.69, 9.17) is 0 Å². The van der Waals surface area contributed by atoms with Gasteiger partial charge in [-0.05, 0) is 0 Å². The van der Waals surface area contributed by atoms with Gasteiger partial charge >= 0.3 is 108 Å². The fourth-order valence-electron chi connectivity index (χ4n) is 2.31. The fourth-order valence-corrected chi connectivity index (χ4v) is 10.3. The molecule has 0 aromatic carbocycles. The molecule has 0 heterocycles. The third kappa shape index (κ3) is 4.38. The molecule has 0 spiro atoms. The van der Waals surface area contributed by atoms with Crippen LogP contribution < -0.4 is 12.4 Å². The van der Waals surface area contributed by atoms with Crippen LogP contribution in [0.3, 0.4) is 0 Å². The van der Waals surface area contributed by atoms with Gasteiger partial charge in [0, 0.05) is 0 Å². The zero-order chi connectivity index (χ0) is 11.6. The van der Waals surface area contributed by atoms with Crippen LogP contribution >= 0.6 is 0 Å². The van der Waals surface area contributed by atoms with E-state index in [0.717, 1.165) is 0 Å². The van der Waals surface area contributed by atoms with Crippen LogP contribution in [0, 0.1) is 5.41 Å². The van der Waals surface area contributed by atoms with Gasteiger partial charge in [-0.15, -0.1) is 0 Å². The summed E-state index contributed by atoms with van der Waals surface area (Å²) in [4.78, 5) is 0. The molecular formula is C15H21ClZr. The van der Waals surface area contributed by atoms with Gasteiger partial charge in [0.25, 0.3) is 0 Å². The van der Waals surface area contributed by atoms with E-state index in [1.54, 1.807) is 6.56 Å². The third-order valence-electron chi connectivity index (χ3n) is 3.02. The third-order valence-corrected chi connectivity index (χ3v) is 12.1. The Morgan fingerprint density at radius 2 is 1.47 bits per heavy atom. The molecule has 0 unspecified atom stereocenters. The van der Waals surface area contributed by atoms with Crippen LogP contribution in [0.4, 0.5) is 0 Å². The first-order chi connectivity index (χ1) is 7.56. The summed E-state index contributed by atoms with van der Waals surface area (Å²) in [5.41, 5.74) is 0.488. The molecule has 2 rings (SSSR count). The summed E-state index contributed by atoms with van der Waals surface area (Å²) in [6.45, 7) is 7.16. The molecule has 0 radical (unpaired) electrons. The number of halogens is 1. The van der Waals surface area contributed by atoms with E-state index in [0.29, 0.717) is 5.41 Å². The van der Waals surface area contributed by atoms with Gasteiger partial charge in [-0.3, -0.25) is 0 Å². The average molecular weight is 328 g/mol. The quantitative estimate of drug-likeness (QED) is 0.741. The topological polar surface area (TPSA) is 0 Å². The van der Waals surface area contributed by atoms with Gasteiger partial charge in [-0.2, -0.15) is 0 Å². The van der Waals surface area contributed by atoms with Gasteiger partial charge in [-0.25, -0.2) is 0 Å². The van der Waals surface area contributed by atoms with Crippen molar-refractivity contribution in [2.45, 2.75) is 37.7 Å². The fraction of sp³-hybridized carbons (Fsp3) is 0.467. The van der Waals surface area contributed by atoms with Crippen molar-refractivity contribution in [3.63, 3.8) is 0 Å². The van der Waals surface area contributed by atoms with Crippen LogP contribution in [0.15, 0.2) is 43.0 Å². The van der Waals surface area contributed by atoms with E-state index in [2.05, 4.69) is 57.2 Å². The Bertz CT molecular complexity index is 350. The van der Waals surface area contributed by atoms with E-state index in [9.17, 15) is 0 Å². The van der Waals surface area contributed by atoms with Crippen molar-refractivity contribution < 1.29 is 34.2 Å². The van der Waals surface area contributed by atoms with Crippen molar-refractivity contribution in [1.29, 1.82) is 0 Å². The molecule has 0 amide bonds. The summed E-state index contributed by atoms with van der Waals surface area (Å²) in [6.07, 6.45) is 16.4. The number of hydrogen-bond acceptors (Lipinski definition) is 0. The van der Waals surface area contributed by atoms with Gasteiger partial charge < -0.3 is 12.4 Å². The van der Waals surface area contributed by atoms with Crippen LogP contribution in [-0.4, -0.2) is 0 Å². The zero-order valence-electron chi connectivity index (χ0n) is 11.0. The first kappa shape index (κ1) is 15.2. The SMILES string of the molecule is CC(C)(C)[CH2][Zr+]([C]1=CC=CC1)[C]1=CC=CC1.[Cl-]. The molecule has 2 aliphatic rings. The van der Waals surface area contributed by atoms with E-state index in [1.807, 2.05) is 0 Å². The van der Waals surface area contributed by atoms with Gasteiger partial charge in [-0.1, -0.05) is 0 Å². The molecule has 0 aliphatic heterocycles. The van der Waals surface area contributed by atoms with Crippen molar-refractivity contribution in [2.24, 2.45) is 5.41 Å². The molecule has 0 N–H and O–H groups in total. The van der Waals surface area contributed by atoms with E-state index in [1.165, 1.54) is 17.0 Å². The molecule has 0 saturated carbocycles. The first-order valence-corrected chi connectivity index (χ1v) is 10.3. The standard InChI is InChI=1S/2C5H5.C5H11.ClH.Zr/c2*1-2-4-5-3-1;1-5(2,3)4;;/h2*1-3H,4H2;1H2,2-4H3;1H;/q;;;;+1/p-1. The van der Waals surface area contributed by atoms with Gasteiger partial charge in [0.2, 0.25) is 0 Å². The van der Waals surface area contributed by atoms with Crippen molar-refractivity contribution >= 4 is 0 Å². The van der Waals surface area contributed by atoms with Gasteiger partial charge in [0.1, 0.15) is 0 Å². The second-order valence-electron chi connectivity index (χ2n) is 5.86. The maximum atomic E-state index is 2.40. The maximum Gasteiger partial charge on any atom is -1.00 e. The Morgan fingerprint density at radius 1 is 1.00 bits per heavy atom. The molecule has 0 nitrogen and oxygen atoms in total. The first-order valence-electron chi connectivity index (χ1n) is 6.14. The average Bonchev–Trinajstić information content (AvgIpc) is 2.86. The van der Waals surface area contributed by atoms with Crippen LogP contribution in [0.25, 0.3) is 0 Å². The summed E-state index contributed by atoms with van der Waals surface area (Å²) in [5, 5.41) is 0. The molecule has 2 heteroatoms. The molecule has 0 aromatic rings. The molecule has 0 aromatic heterocycles. The van der Waals surface area contributed by atoms with Crippen LogP contribution in [0.1, 0.15) is 33.6 Å². The van der Waals surface area contributed by atoms with Crippen molar-refractivity contribution in [1.82, 2.24) is 0 Å². The Labute approximate surface area is 120 Å². The Morgan fingerprint density at radius 3 is 1.76 bits per heavy atom. The van der Waals surface area contributed by atoms with Crippen molar-refractivity contribution in [3.05, 3.63) is 43.0 Å². The van der Waals surface area contributed by atoms with Gasteiger partial charge in [0.05, 0.1) is 0 Å². The minimum atomic E-state index is -1.50. The maximum absolute atomic E-state index is 2.40.